The predicted octanol–water partition coefficient (Wildman–Crippen LogP) is 5.42. The first-order valence-corrected chi connectivity index (χ1v) is 9.62. The fraction of sp³-hybridized carbons (Fsp3) is 0.125. The summed E-state index contributed by atoms with van der Waals surface area (Å²) in [5.41, 5.74) is 4.25. The molecule has 150 valence electrons. The second-order valence-corrected chi connectivity index (χ2v) is 6.97. The molecule has 0 bridgehead atoms. The molecule has 30 heavy (non-hydrogen) atoms. The van der Waals surface area contributed by atoms with Crippen LogP contribution >= 0.6 is 0 Å². The number of amides is 1. The van der Waals surface area contributed by atoms with Gasteiger partial charge in [0.25, 0.3) is 0 Å². The van der Waals surface area contributed by atoms with E-state index in [0.717, 1.165) is 11.1 Å². The third kappa shape index (κ3) is 4.27. The van der Waals surface area contributed by atoms with Gasteiger partial charge in [-0.2, -0.15) is 0 Å². The molecule has 0 aliphatic rings. The molecular formula is C24H20FN3O2. The summed E-state index contributed by atoms with van der Waals surface area (Å²) < 4.78 is 19.2. The number of pyridine rings is 1. The number of aryl methyl sites for hydroxylation is 2. The highest BCUT2D eigenvalue weighted by Crippen LogP contribution is 2.38. The number of hydrogen-bond acceptors (Lipinski definition) is 4. The van der Waals surface area contributed by atoms with Crippen LogP contribution in [0.25, 0.3) is 22.4 Å². The molecule has 2 aromatic carbocycles. The highest BCUT2D eigenvalue weighted by atomic mass is 19.1. The van der Waals surface area contributed by atoms with Gasteiger partial charge >= 0.3 is 0 Å². The van der Waals surface area contributed by atoms with E-state index in [-0.39, 0.29) is 17.6 Å². The van der Waals surface area contributed by atoms with E-state index in [2.05, 4.69) is 15.5 Å². The Morgan fingerprint density at radius 2 is 1.80 bits per heavy atom. The predicted molar refractivity (Wildman–Crippen MR) is 113 cm³/mol. The molecule has 0 aliphatic heterocycles. The molecule has 0 aliphatic carbocycles. The summed E-state index contributed by atoms with van der Waals surface area (Å²) in [7, 11) is 0. The topological polar surface area (TPSA) is 68.0 Å². The molecule has 0 fully saturated rings. The number of anilines is 1. The second kappa shape index (κ2) is 8.69. The Hall–Kier alpha value is -3.80. The fourth-order valence-electron chi connectivity index (χ4n) is 3.24. The summed E-state index contributed by atoms with van der Waals surface area (Å²) in [6.45, 7) is 1.69. The van der Waals surface area contributed by atoms with Crippen molar-refractivity contribution >= 4 is 11.8 Å². The number of hydrogen-bond donors (Lipinski definition) is 1. The maximum atomic E-state index is 13.7. The van der Waals surface area contributed by atoms with E-state index >= 15 is 0 Å². The van der Waals surface area contributed by atoms with Gasteiger partial charge in [-0.25, -0.2) is 4.39 Å². The summed E-state index contributed by atoms with van der Waals surface area (Å²) in [4.78, 5) is 16.6. The maximum Gasteiger partial charge on any atom is 0.239 e. The van der Waals surface area contributed by atoms with Gasteiger partial charge in [0.05, 0.1) is 5.56 Å². The average molecular weight is 401 g/mol. The van der Waals surface area contributed by atoms with Crippen molar-refractivity contribution in [2.45, 2.75) is 19.8 Å². The van der Waals surface area contributed by atoms with Crippen molar-refractivity contribution in [2.75, 3.05) is 5.32 Å². The number of carbonyl (C=O) groups excluding carboxylic acids is 1. The zero-order valence-electron chi connectivity index (χ0n) is 16.4. The number of aromatic nitrogens is 2. The van der Waals surface area contributed by atoms with Crippen LogP contribution < -0.4 is 5.32 Å². The molecule has 4 rings (SSSR count). The molecule has 4 aromatic rings. The van der Waals surface area contributed by atoms with Crippen molar-refractivity contribution in [1.29, 1.82) is 0 Å². The van der Waals surface area contributed by atoms with E-state index in [0.29, 0.717) is 35.2 Å². The van der Waals surface area contributed by atoms with Gasteiger partial charge in [-0.15, -0.1) is 0 Å². The second-order valence-electron chi connectivity index (χ2n) is 6.97. The molecule has 0 unspecified atom stereocenters. The SMILES string of the molecule is Cc1cc(-c2noc(NC(=O)CCc3ccccc3)c2-c2ccncc2)ccc1F. The van der Waals surface area contributed by atoms with E-state index < -0.39 is 0 Å². The third-order valence-electron chi connectivity index (χ3n) is 4.83. The summed E-state index contributed by atoms with van der Waals surface area (Å²) in [6.07, 6.45) is 4.24. The van der Waals surface area contributed by atoms with Gasteiger partial charge in [-0.3, -0.25) is 15.1 Å². The van der Waals surface area contributed by atoms with E-state index in [1.807, 2.05) is 42.5 Å². The van der Waals surface area contributed by atoms with Crippen LogP contribution in [0.15, 0.2) is 77.6 Å². The summed E-state index contributed by atoms with van der Waals surface area (Å²) in [5, 5.41) is 7.01. The van der Waals surface area contributed by atoms with Crippen molar-refractivity contribution in [2.24, 2.45) is 0 Å². The van der Waals surface area contributed by atoms with Crippen LogP contribution in [-0.4, -0.2) is 16.0 Å². The van der Waals surface area contributed by atoms with E-state index in [9.17, 15) is 9.18 Å². The molecule has 0 saturated carbocycles. The molecule has 0 radical (unpaired) electrons. The van der Waals surface area contributed by atoms with Gasteiger partial charge in [-0.05, 0) is 60.4 Å². The zero-order chi connectivity index (χ0) is 20.9. The minimum absolute atomic E-state index is 0.174. The number of benzene rings is 2. The normalized spacial score (nSPS) is 10.7. The minimum Gasteiger partial charge on any atom is -0.337 e. The monoisotopic (exact) mass is 401 g/mol. The lowest BCUT2D eigenvalue weighted by Crippen LogP contribution is -2.12. The summed E-state index contributed by atoms with van der Waals surface area (Å²) in [6, 6.07) is 18.2. The number of nitrogens with zero attached hydrogens (tertiary/aromatic N) is 2. The highest BCUT2D eigenvalue weighted by Gasteiger charge is 2.21. The van der Waals surface area contributed by atoms with Crippen LogP contribution in [0.2, 0.25) is 0 Å². The van der Waals surface area contributed by atoms with Crippen molar-refractivity contribution < 1.29 is 13.7 Å². The van der Waals surface area contributed by atoms with E-state index in [4.69, 9.17) is 4.52 Å². The number of rotatable bonds is 6. The van der Waals surface area contributed by atoms with Crippen LogP contribution in [0, 0.1) is 12.7 Å². The molecule has 2 aromatic heterocycles. The van der Waals surface area contributed by atoms with Crippen molar-refractivity contribution in [1.82, 2.24) is 10.1 Å². The Kier molecular flexibility index (Phi) is 5.66. The Morgan fingerprint density at radius 3 is 2.53 bits per heavy atom. The molecule has 0 saturated heterocycles. The maximum absolute atomic E-state index is 13.7. The molecular weight excluding hydrogens is 381 g/mol. The van der Waals surface area contributed by atoms with Gasteiger partial charge < -0.3 is 4.52 Å². The molecule has 2 heterocycles. The van der Waals surface area contributed by atoms with E-state index in [1.165, 1.54) is 6.07 Å². The molecule has 0 spiro atoms. The van der Waals surface area contributed by atoms with Gasteiger partial charge in [-0.1, -0.05) is 35.5 Å². The highest BCUT2D eigenvalue weighted by molar-refractivity contribution is 5.97. The van der Waals surface area contributed by atoms with E-state index in [1.54, 1.807) is 31.5 Å². The lowest BCUT2D eigenvalue weighted by atomic mass is 10.0. The van der Waals surface area contributed by atoms with Crippen LogP contribution in [0.4, 0.5) is 10.3 Å². The van der Waals surface area contributed by atoms with Gasteiger partial charge in [0, 0.05) is 24.4 Å². The standard InChI is InChI=1S/C24H20FN3O2/c1-16-15-19(8-9-20(16)25)23-22(18-11-13-26-14-12-18)24(30-28-23)27-21(29)10-7-17-5-3-2-4-6-17/h2-6,8-9,11-15H,7,10H2,1H3,(H,27,29). The van der Waals surface area contributed by atoms with Crippen molar-refractivity contribution in [3.05, 3.63) is 90.0 Å². The first-order valence-electron chi connectivity index (χ1n) is 9.62. The smallest absolute Gasteiger partial charge is 0.239 e. The van der Waals surface area contributed by atoms with Crippen molar-refractivity contribution in [3.8, 4) is 22.4 Å². The Morgan fingerprint density at radius 1 is 1.03 bits per heavy atom. The van der Waals surface area contributed by atoms with Crippen LogP contribution in [-0.2, 0) is 11.2 Å². The van der Waals surface area contributed by atoms with Gasteiger partial charge in [0.1, 0.15) is 11.5 Å². The first kappa shape index (κ1) is 19.5. The minimum atomic E-state index is -0.290. The zero-order valence-corrected chi connectivity index (χ0v) is 16.4. The molecule has 5 nitrogen and oxygen atoms in total. The van der Waals surface area contributed by atoms with Crippen LogP contribution in [0.5, 0.6) is 0 Å². The quantitative estimate of drug-likeness (QED) is 0.468. The molecule has 0 atom stereocenters. The molecule has 1 amide bonds. The summed E-state index contributed by atoms with van der Waals surface area (Å²) in [5.74, 6) is -0.203. The largest absolute Gasteiger partial charge is 0.337 e. The Bertz CT molecular complexity index is 1160. The van der Waals surface area contributed by atoms with Crippen LogP contribution in [0.1, 0.15) is 17.5 Å². The number of halogens is 1. The first-order chi connectivity index (χ1) is 14.6. The fourth-order valence-corrected chi connectivity index (χ4v) is 3.24. The summed E-state index contributed by atoms with van der Waals surface area (Å²) >= 11 is 0. The molecule has 6 heteroatoms. The lowest BCUT2D eigenvalue weighted by Gasteiger charge is -2.07. The Labute approximate surface area is 173 Å². The lowest BCUT2D eigenvalue weighted by molar-refractivity contribution is -0.116. The average Bonchev–Trinajstić information content (AvgIpc) is 3.19. The third-order valence-corrected chi connectivity index (χ3v) is 4.83. The number of nitrogens with one attached hydrogen (secondary N) is 1. The van der Waals surface area contributed by atoms with Crippen LogP contribution in [0.3, 0.4) is 0 Å². The Balaban J connectivity index is 1.63. The van der Waals surface area contributed by atoms with Gasteiger partial charge in [0.15, 0.2) is 0 Å². The number of carbonyl (C=O) groups is 1. The van der Waals surface area contributed by atoms with Crippen molar-refractivity contribution in [3.63, 3.8) is 0 Å². The molecule has 1 N–H and O–H groups in total. The van der Waals surface area contributed by atoms with Gasteiger partial charge in [0.2, 0.25) is 11.8 Å².